The summed E-state index contributed by atoms with van der Waals surface area (Å²) in [5.41, 5.74) is -0.0565. The van der Waals surface area contributed by atoms with Crippen LogP contribution in [0.5, 0.6) is 0 Å². The lowest BCUT2D eigenvalue weighted by molar-refractivity contribution is 0.136. The van der Waals surface area contributed by atoms with Crippen molar-refractivity contribution in [2.75, 3.05) is 26.7 Å². The molecule has 0 amide bonds. The summed E-state index contributed by atoms with van der Waals surface area (Å²) >= 11 is 0. The van der Waals surface area contributed by atoms with E-state index in [-0.39, 0.29) is 12.1 Å². The Balaban J connectivity index is 2.33. The fourth-order valence-electron chi connectivity index (χ4n) is 3.56. The van der Waals surface area contributed by atoms with Crippen molar-refractivity contribution in [1.82, 2.24) is 10.2 Å². The van der Waals surface area contributed by atoms with E-state index < -0.39 is 0 Å². The standard InChI is InChI=1S/C17H36N2O/c1-4-17(15-20,18-5-2)13-10-14-19(3)16-11-8-6-7-9-12-16/h16,18,20H,4-15H2,1-3H3. The monoisotopic (exact) mass is 284 g/mol. The first kappa shape index (κ1) is 17.9. The molecule has 0 aromatic heterocycles. The summed E-state index contributed by atoms with van der Waals surface area (Å²) in [4.78, 5) is 2.56. The van der Waals surface area contributed by atoms with Gasteiger partial charge in [0.05, 0.1) is 6.61 Å². The molecule has 0 bridgehead atoms. The second-order valence-electron chi connectivity index (χ2n) is 6.55. The molecular weight excluding hydrogens is 248 g/mol. The number of nitrogens with one attached hydrogen (secondary N) is 1. The zero-order valence-electron chi connectivity index (χ0n) is 14.0. The Morgan fingerprint density at radius 3 is 2.30 bits per heavy atom. The van der Waals surface area contributed by atoms with Crippen molar-refractivity contribution in [1.29, 1.82) is 0 Å². The van der Waals surface area contributed by atoms with Crippen molar-refractivity contribution >= 4 is 0 Å². The number of hydrogen-bond acceptors (Lipinski definition) is 3. The van der Waals surface area contributed by atoms with Crippen LogP contribution in [0.25, 0.3) is 0 Å². The molecule has 1 rings (SSSR count). The van der Waals surface area contributed by atoms with Gasteiger partial charge in [-0.25, -0.2) is 0 Å². The van der Waals surface area contributed by atoms with Crippen molar-refractivity contribution in [2.45, 2.75) is 83.2 Å². The minimum absolute atomic E-state index is 0.0565. The van der Waals surface area contributed by atoms with Gasteiger partial charge in [-0.2, -0.15) is 0 Å². The second-order valence-corrected chi connectivity index (χ2v) is 6.55. The molecule has 1 unspecified atom stereocenters. The van der Waals surface area contributed by atoms with Gasteiger partial charge >= 0.3 is 0 Å². The molecule has 120 valence electrons. The van der Waals surface area contributed by atoms with Gasteiger partial charge in [-0.3, -0.25) is 0 Å². The summed E-state index contributed by atoms with van der Waals surface area (Å²) in [7, 11) is 2.29. The van der Waals surface area contributed by atoms with Gasteiger partial charge in [0.2, 0.25) is 0 Å². The minimum Gasteiger partial charge on any atom is -0.394 e. The molecule has 1 fully saturated rings. The molecule has 20 heavy (non-hydrogen) atoms. The summed E-state index contributed by atoms with van der Waals surface area (Å²) in [5.74, 6) is 0. The van der Waals surface area contributed by atoms with E-state index in [0.717, 1.165) is 32.0 Å². The van der Waals surface area contributed by atoms with Crippen molar-refractivity contribution in [2.24, 2.45) is 0 Å². The molecule has 1 saturated carbocycles. The first-order valence-corrected chi connectivity index (χ1v) is 8.73. The number of rotatable bonds is 9. The third kappa shape index (κ3) is 5.71. The molecule has 0 saturated heterocycles. The lowest BCUT2D eigenvalue weighted by Crippen LogP contribution is -2.48. The molecule has 3 heteroatoms. The SMILES string of the molecule is CCNC(CC)(CO)CCCN(C)C1CCCCCC1. The molecule has 2 N–H and O–H groups in total. The second kappa shape index (κ2) is 9.75. The van der Waals surface area contributed by atoms with Crippen LogP contribution in [0.4, 0.5) is 0 Å². The third-order valence-electron chi connectivity index (χ3n) is 5.15. The van der Waals surface area contributed by atoms with E-state index in [1.807, 2.05) is 0 Å². The van der Waals surface area contributed by atoms with Crippen LogP contribution < -0.4 is 5.32 Å². The molecule has 0 heterocycles. The van der Waals surface area contributed by atoms with Gasteiger partial charge in [0, 0.05) is 11.6 Å². The molecule has 0 aliphatic heterocycles. The van der Waals surface area contributed by atoms with Crippen LogP contribution >= 0.6 is 0 Å². The van der Waals surface area contributed by atoms with Gasteiger partial charge in [0.1, 0.15) is 0 Å². The molecule has 0 aromatic carbocycles. The van der Waals surface area contributed by atoms with Crippen LogP contribution in [0.1, 0.15) is 71.6 Å². The normalized spacial score (nSPS) is 20.9. The van der Waals surface area contributed by atoms with Crippen molar-refractivity contribution in [3.63, 3.8) is 0 Å². The molecule has 0 radical (unpaired) electrons. The third-order valence-corrected chi connectivity index (χ3v) is 5.15. The Hall–Kier alpha value is -0.120. The molecule has 1 aliphatic carbocycles. The predicted octanol–water partition coefficient (Wildman–Crippen LogP) is 3.17. The summed E-state index contributed by atoms with van der Waals surface area (Å²) in [6.07, 6.45) is 11.7. The van der Waals surface area contributed by atoms with Gasteiger partial charge < -0.3 is 15.3 Å². The van der Waals surface area contributed by atoms with E-state index in [2.05, 4.69) is 31.1 Å². The van der Waals surface area contributed by atoms with E-state index in [4.69, 9.17) is 0 Å². The largest absolute Gasteiger partial charge is 0.394 e. The van der Waals surface area contributed by atoms with E-state index in [1.54, 1.807) is 0 Å². The average Bonchev–Trinajstić information content (AvgIpc) is 2.75. The first-order chi connectivity index (χ1) is 9.67. The molecule has 1 atom stereocenters. The van der Waals surface area contributed by atoms with E-state index in [0.29, 0.717) is 0 Å². The maximum Gasteiger partial charge on any atom is 0.0613 e. The molecule has 1 aliphatic rings. The number of nitrogens with zero attached hydrogens (tertiary/aromatic N) is 1. The van der Waals surface area contributed by atoms with Gasteiger partial charge in [-0.05, 0) is 52.2 Å². The Morgan fingerprint density at radius 1 is 1.15 bits per heavy atom. The highest BCUT2D eigenvalue weighted by atomic mass is 16.3. The maximum absolute atomic E-state index is 9.68. The smallest absolute Gasteiger partial charge is 0.0613 e. The van der Waals surface area contributed by atoms with Crippen LogP contribution in [-0.4, -0.2) is 48.3 Å². The first-order valence-electron chi connectivity index (χ1n) is 8.73. The van der Waals surface area contributed by atoms with Crippen molar-refractivity contribution < 1.29 is 5.11 Å². The zero-order chi connectivity index (χ0) is 14.8. The quantitative estimate of drug-likeness (QED) is 0.638. The van der Waals surface area contributed by atoms with Crippen LogP contribution in [0.3, 0.4) is 0 Å². The Labute approximate surface area is 126 Å². The molecule has 0 spiro atoms. The summed E-state index contributed by atoms with van der Waals surface area (Å²) < 4.78 is 0. The molecule has 3 nitrogen and oxygen atoms in total. The lowest BCUT2D eigenvalue weighted by atomic mass is 9.91. The van der Waals surface area contributed by atoms with Crippen molar-refractivity contribution in [3.05, 3.63) is 0 Å². The number of aliphatic hydroxyl groups excluding tert-OH is 1. The number of aliphatic hydroxyl groups is 1. The Morgan fingerprint density at radius 2 is 1.80 bits per heavy atom. The lowest BCUT2D eigenvalue weighted by Gasteiger charge is -2.33. The van der Waals surface area contributed by atoms with E-state index >= 15 is 0 Å². The molecule has 0 aromatic rings. The van der Waals surface area contributed by atoms with Crippen molar-refractivity contribution in [3.8, 4) is 0 Å². The number of hydrogen-bond donors (Lipinski definition) is 2. The molecular formula is C17H36N2O. The maximum atomic E-state index is 9.68. The average molecular weight is 284 g/mol. The van der Waals surface area contributed by atoms with Gasteiger partial charge in [0.25, 0.3) is 0 Å². The van der Waals surface area contributed by atoms with Crippen LogP contribution in [0.15, 0.2) is 0 Å². The van der Waals surface area contributed by atoms with Gasteiger partial charge in [0.15, 0.2) is 0 Å². The fraction of sp³-hybridized carbons (Fsp3) is 1.00. The van der Waals surface area contributed by atoms with Crippen LogP contribution in [0.2, 0.25) is 0 Å². The highest BCUT2D eigenvalue weighted by Crippen LogP contribution is 2.22. The Bertz CT molecular complexity index is 233. The summed E-state index contributed by atoms with van der Waals surface area (Å²) in [6, 6.07) is 0.793. The van der Waals surface area contributed by atoms with Gasteiger partial charge in [-0.15, -0.1) is 0 Å². The van der Waals surface area contributed by atoms with Gasteiger partial charge in [-0.1, -0.05) is 39.5 Å². The number of likely N-dealkylation sites (N-methyl/N-ethyl adjacent to an activating group) is 1. The van der Waals surface area contributed by atoms with Crippen LogP contribution in [0, 0.1) is 0 Å². The van der Waals surface area contributed by atoms with E-state index in [1.165, 1.54) is 44.9 Å². The fourth-order valence-corrected chi connectivity index (χ4v) is 3.56. The summed E-state index contributed by atoms with van der Waals surface area (Å²) in [6.45, 7) is 6.65. The summed E-state index contributed by atoms with van der Waals surface area (Å²) in [5, 5.41) is 13.2. The Kier molecular flexibility index (Phi) is 8.74. The predicted molar refractivity (Wildman–Crippen MR) is 87.1 cm³/mol. The minimum atomic E-state index is -0.0565. The zero-order valence-corrected chi connectivity index (χ0v) is 14.0. The topological polar surface area (TPSA) is 35.5 Å². The van der Waals surface area contributed by atoms with Crippen LogP contribution in [-0.2, 0) is 0 Å². The highest BCUT2D eigenvalue weighted by molar-refractivity contribution is 4.86. The highest BCUT2D eigenvalue weighted by Gasteiger charge is 2.26. The van der Waals surface area contributed by atoms with E-state index in [9.17, 15) is 5.11 Å².